The lowest BCUT2D eigenvalue weighted by Gasteiger charge is -2.13. The number of carbonyl (C=O) groups excluding carboxylic acids is 1. The number of benzene rings is 2. The predicted octanol–water partition coefficient (Wildman–Crippen LogP) is 4.12. The molecule has 7 nitrogen and oxygen atoms in total. The van der Waals surface area contributed by atoms with E-state index in [2.05, 4.69) is 19.2 Å². The first-order valence-electron chi connectivity index (χ1n) is 11.1. The van der Waals surface area contributed by atoms with Crippen LogP contribution in [-0.4, -0.2) is 22.2 Å². The first-order valence-corrected chi connectivity index (χ1v) is 12.0. The highest BCUT2D eigenvalue weighted by Crippen LogP contribution is 2.25. The molecule has 0 fully saturated rings. The van der Waals surface area contributed by atoms with Crippen molar-refractivity contribution in [2.45, 2.75) is 33.4 Å². The van der Waals surface area contributed by atoms with Crippen molar-refractivity contribution in [3.63, 3.8) is 0 Å². The van der Waals surface area contributed by atoms with E-state index < -0.39 is 5.69 Å². The number of anilines is 1. The van der Waals surface area contributed by atoms with Gasteiger partial charge in [-0.05, 0) is 41.0 Å². The number of hydrogen-bond acceptors (Lipinski definition) is 5. The summed E-state index contributed by atoms with van der Waals surface area (Å²) in [5.41, 5.74) is 1.50. The van der Waals surface area contributed by atoms with Crippen LogP contribution in [0.1, 0.15) is 25.0 Å². The van der Waals surface area contributed by atoms with Gasteiger partial charge >= 0.3 is 5.69 Å². The standard InChI is InChI=1S/C26H27N3O4S/c1-17(2)12-19-16-34-25-23(19)24(31)28(14-18-8-5-4-6-9-18)26(32)29(25)15-22(30)27-20-10-7-11-21(13-20)33-3/h4-11,13,16-17H,12,14-15H2,1-3H3,(H,27,30). The van der Waals surface area contributed by atoms with Gasteiger partial charge in [0.25, 0.3) is 5.56 Å². The molecule has 0 spiro atoms. The summed E-state index contributed by atoms with van der Waals surface area (Å²) in [6.07, 6.45) is 0.717. The Morgan fingerprint density at radius 3 is 2.53 bits per heavy atom. The third-order valence-electron chi connectivity index (χ3n) is 5.48. The number of carbonyl (C=O) groups is 1. The molecule has 0 bridgehead atoms. The first kappa shape index (κ1) is 23.5. The molecule has 0 aliphatic heterocycles. The summed E-state index contributed by atoms with van der Waals surface area (Å²) >= 11 is 1.33. The molecule has 0 aliphatic carbocycles. The van der Waals surface area contributed by atoms with Crippen LogP contribution in [0.25, 0.3) is 10.2 Å². The maximum absolute atomic E-state index is 13.5. The van der Waals surface area contributed by atoms with Crippen molar-refractivity contribution in [1.29, 1.82) is 0 Å². The molecule has 0 radical (unpaired) electrons. The van der Waals surface area contributed by atoms with Gasteiger partial charge in [-0.3, -0.25) is 18.7 Å². The van der Waals surface area contributed by atoms with E-state index in [4.69, 9.17) is 4.74 Å². The second-order valence-corrected chi connectivity index (χ2v) is 9.42. The highest BCUT2D eigenvalue weighted by Gasteiger charge is 2.20. The Bertz CT molecular complexity index is 1430. The molecule has 2 aromatic carbocycles. The molecule has 176 valence electrons. The van der Waals surface area contributed by atoms with Gasteiger partial charge in [-0.2, -0.15) is 0 Å². The number of thiophene rings is 1. The second-order valence-electron chi connectivity index (χ2n) is 8.56. The van der Waals surface area contributed by atoms with Gasteiger partial charge in [-0.1, -0.05) is 50.2 Å². The lowest BCUT2D eigenvalue weighted by molar-refractivity contribution is -0.116. The highest BCUT2D eigenvalue weighted by molar-refractivity contribution is 7.17. The number of nitrogens with zero attached hydrogens (tertiary/aromatic N) is 2. The van der Waals surface area contributed by atoms with Crippen molar-refractivity contribution < 1.29 is 9.53 Å². The molecule has 0 aliphatic rings. The zero-order valence-electron chi connectivity index (χ0n) is 19.4. The van der Waals surface area contributed by atoms with Crippen LogP contribution in [0.2, 0.25) is 0 Å². The zero-order valence-corrected chi connectivity index (χ0v) is 20.2. The van der Waals surface area contributed by atoms with E-state index in [0.29, 0.717) is 27.6 Å². The summed E-state index contributed by atoms with van der Waals surface area (Å²) in [4.78, 5) is 40.4. The van der Waals surface area contributed by atoms with E-state index in [-0.39, 0.29) is 24.6 Å². The molecule has 1 N–H and O–H groups in total. The molecule has 0 atom stereocenters. The minimum Gasteiger partial charge on any atom is -0.497 e. The van der Waals surface area contributed by atoms with E-state index >= 15 is 0 Å². The number of nitrogens with one attached hydrogen (secondary N) is 1. The first-order chi connectivity index (χ1) is 16.4. The van der Waals surface area contributed by atoms with E-state index in [1.165, 1.54) is 20.5 Å². The number of fused-ring (bicyclic) bond motifs is 1. The van der Waals surface area contributed by atoms with Crippen LogP contribution in [0.3, 0.4) is 0 Å². The van der Waals surface area contributed by atoms with E-state index in [9.17, 15) is 14.4 Å². The monoisotopic (exact) mass is 477 g/mol. The largest absolute Gasteiger partial charge is 0.497 e. The Labute approximate surface area is 201 Å². The molecular weight excluding hydrogens is 450 g/mol. The van der Waals surface area contributed by atoms with Gasteiger partial charge < -0.3 is 10.1 Å². The van der Waals surface area contributed by atoms with Crippen molar-refractivity contribution in [3.8, 4) is 5.75 Å². The third-order valence-corrected chi connectivity index (χ3v) is 6.53. The summed E-state index contributed by atoms with van der Waals surface area (Å²) in [5, 5.41) is 5.26. The van der Waals surface area contributed by atoms with Gasteiger partial charge in [0, 0.05) is 11.8 Å². The van der Waals surface area contributed by atoms with Crippen LogP contribution < -0.4 is 21.3 Å². The van der Waals surface area contributed by atoms with Gasteiger partial charge in [0.15, 0.2) is 0 Å². The van der Waals surface area contributed by atoms with Crippen molar-refractivity contribution in [1.82, 2.24) is 9.13 Å². The molecule has 0 saturated heterocycles. The maximum Gasteiger partial charge on any atom is 0.332 e. The third kappa shape index (κ3) is 4.97. The van der Waals surface area contributed by atoms with E-state index in [0.717, 1.165) is 17.5 Å². The quantitative estimate of drug-likeness (QED) is 0.414. The fourth-order valence-electron chi connectivity index (χ4n) is 3.94. The van der Waals surface area contributed by atoms with Gasteiger partial charge in [0.05, 0.1) is 19.0 Å². The average Bonchev–Trinajstić information content (AvgIpc) is 3.23. The van der Waals surface area contributed by atoms with Crippen molar-refractivity contribution in [2.75, 3.05) is 12.4 Å². The minimum atomic E-state index is -0.500. The normalized spacial score (nSPS) is 11.2. The van der Waals surface area contributed by atoms with Crippen LogP contribution in [0, 0.1) is 5.92 Å². The Morgan fingerprint density at radius 2 is 1.82 bits per heavy atom. The van der Waals surface area contributed by atoms with Crippen LogP contribution in [0.5, 0.6) is 5.75 Å². The molecule has 1 amide bonds. The van der Waals surface area contributed by atoms with Crippen LogP contribution in [0.15, 0.2) is 69.6 Å². The number of methoxy groups -OCH3 is 1. The topological polar surface area (TPSA) is 82.3 Å². The number of aromatic nitrogens is 2. The van der Waals surface area contributed by atoms with Crippen molar-refractivity contribution >= 4 is 33.1 Å². The number of amides is 1. The summed E-state index contributed by atoms with van der Waals surface area (Å²) in [6, 6.07) is 16.4. The van der Waals surface area contributed by atoms with Crippen molar-refractivity contribution in [3.05, 3.63) is 91.9 Å². The van der Waals surface area contributed by atoms with Gasteiger partial charge in [0.2, 0.25) is 5.91 Å². The van der Waals surface area contributed by atoms with E-state index in [1.807, 2.05) is 35.7 Å². The fourth-order valence-corrected chi connectivity index (χ4v) is 5.02. The van der Waals surface area contributed by atoms with Crippen molar-refractivity contribution in [2.24, 2.45) is 5.92 Å². The lowest BCUT2D eigenvalue weighted by Crippen LogP contribution is -2.41. The minimum absolute atomic E-state index is 0.142. The molecule has 0 unspecified atom stereocenters. The molecule has 34 heavy (non-hydrogen) atoms. The van der Waals surface area contributed by atoms with Crippen LogP contribution >= 0.6 is 11.3 Å². The van der Waals surface area contributed by atoms with Gasteiger partial charge in [-0.25, -0.2) is 4.79 Å². The highest BCUT2D eigenvalue weighted by atomic mass is 32.1. The number of ether oxygens (including phenoxy) is 1. The average molecular weight is 478 g/mol. The Hall–Kier alpha value is -3.65. The molecule has 0 saturated carbocycles. The molecule has 2 aromatic heterocycles. The molecule has 4 rings (SSSR count). The zero-order chi connectivity index (χ0) is 24.2. The van der Waals surface area contributed by atoms with Gasteiger partial charge in [0.1, 0.15) is 17.1 Å². The Kier molecular flexibility index (Phi) is 6.98. The van der Waals surface area contributed by atoms with Crippen LogP contribution in [-0.2, 0) is 24.3 Å². The lowest BCUT2D eigenvalue weighted by atomic mass is 10.0. The SMILES string of the molecule is COc1cccc(NC(=O)Cn2c(=O)n(Cc3ccccc3)c(=O)c3c(CC(C)C)csc32)c1. The van der Waals surface area contributed by atoms with E-state index in [1.54, 1.807) is 31.4 Å². The molecular formula is C26H27N3O4S. The maximum atomic E-state index is 13.5. The molecule has 8 heteroatoms. The summed E-state index contributed by atoms with van der Waals surface area (Å²) < 4.78 is 7.84. The summed E-state index contributed by atoms with van der Waals surface area (Å²) in [5.74, 6) is 0.599. The Morgan fingerprint density at radius 1 is 1.06 bits per heavy atom. The smallest absolute Gasteiger partial charge is 0.332 e. The predicted molar refractivity (Wildman–Crippen MR) is 136 cm³/mol. The van der Waals surface area contributed by atoms with Gasteiger partial charge in [-0.15, -0.1) is 11.3 Å². The van der Waals surface area contributed by atoms with Crippen LogP contribution in [0.4, 0.5) is 5.69 Å². The molecule has 4 aromatic rings. The molecule has 2 heterocycles. The number of hydrogen-bond donors (Lipinski definition) is 1. The summed E-state index contributed by atoms with van der Waals surface area (Å²) in [7, 11) is 1.55. The second kappa shape index (κ2) is 10.1. The number of rotatable bonds is 8. The fraction of sp³-hybridized carbons (Fsp3) is 0.269. The Balaban J connectivity index is 1.78. The summed E-state index contributed by atoms with van der Waals surface area (Å²) in [6.45, 7) is 4.11.